The Morgan fingerprint density at radius 1 is 1.38 bits per heavy atom. The maximum Gasteiger partial charge on any atom is 0.257 e. The van der Waals surface area contributed by atoms with Crippen LogP contribution in [-0.4, -0.2) is 23.6 Å². The van der Waals surface area contributed by atoms with Gasteiger partial charge in [-0.3, -0.25) is 4.79 Å². The Bertz CT molecular complexity index is 561. The second-order valence-electron chi connectivity index (χ2n) is 5.89. The van der Waals surface area contributed by atoms with Gasteiger partial charge in [-0.15, -0.1) is 0 Å². The fraction of sp³-hybridized carbons (Fsp3) is 0.562. The number of fused-ring (bicyclic) bond motifs is 1. The van der Waals surface area contributed by atoms with E-state index < -0.39 is 6.10 Å². The highest BCUT2D eigenvalue weighted by atomic mass is 79.9. The molecule has 2 heterocycles. The van der Waals surface area contributed by atoms with Crippen LogP contribution in [0, 0.1) is 0 Å². The van der Waals surface area contributed by atoms with Gasteiger partial charge >= 0.3 is 0 Å². The Kier molecular flexibility index (Phi) is 4.22. The maximum atomic E-state index is 11.6. The number of nitrogens with one attached hydrogen (secondary N) is 1. The van der Waals surface area contributed by atoms with E-state index in [9.17, 15) is 9.90 Å². The molecule has 1 aromatic rings. The number of hydrogen-bond acceptors (Lipinski definition) is 3. The Morgan fingerprint density at radius 3 is 2.95 bits per heavy atom. The number of anilines is 2. The lowest BCUT2D eigenvalue weighted by molar-refractivity contribution is -0.123. The predicted octanol–water partition coefficient (Wildman–Crippen LogP) is 3.59. The summed E-state index contributed by atoms with van der Waals surface area (Å²) in [5.74, 6) is -0.336. The van der Waals surface area contributed by atoms with E-state index in [1.165, 1.54) is 25.7 Å². The smallest absolute Gasteiger partial charge is 0.257 e. The van der Waals surface area contributed by atoms with Crippen LogP contribution in [0.1, 0.15) is 50.7 Å². The lowest BCUT2D eigenvalue weighted by Gasteiger charge is -2.32. The predicted molar refractivity (Wildman–Crippen MR) is 87.6 cm³/mol. The van der Waals surface area contributed by atoms with Crippen LogP contribution in [0.25, 0.3) is 0 Å². The summed E-state index contributed by atoms with van der Waals surface area (Å²) in [6.45, 7) is 3.28. The van der Waals surface area contributed by atoms with Crippen molar-refractivity contribution in [1.82, 2.24) is 0 Å². The molecule has 3 rings (SSSR count). The quantitative estimate of drug-likeness (QED) is 0.854. The molecule has 1 saturated heterocycles. The van der Waals surface area contributed by atoms with Crippen molar-refractivity contribution < 1.29 is 9.90 Å². The third kappa shape index (κ3) is 2.69. The fourth-order valence-corrected chi connectivity index (χ4v) is 3.98. The molecule has 21 heavy (non-hydrogen) atoms. The van der Waals surface area contributed by atoms with E-state index in [0.717, 1.165) is 28.8 Å². The van der Waals surface area contributed by atoms with Crippen molar-refractivity contribution >= 4 is 33.2 Å². The van der Waals surface area contributed by atoms with Gasteiger partial charge in [0, 0.05) is 28.3 Å². The first-order chi connectivity index (χ1) is 10.1. The molecule has 4 nitrogen and oxygen atoms in total. The minimum Gasteiger partial charge on any atom is -0.378 e. The normalized spacial score (nSPS) is 25.5. The van der Waals surface area contributed by atoms with E-state index in [0.29, 0.717) is 11.6 Å². The molecule has 0 bridgehead atoms. The zero-order valence-corrected chi connectivity index (χ0v) is 13.8. The highest BCUT2D eigenvalue weighted by Gasteiger charge is 2.31. The first-order valence-corrected chi connectivity index (χ1v) is 8.50. The van der Waals surface area contributed by atoms with E-state index in [1.54, 1.807) is 0 Å². The van der Waals surface area contributed by atoms with Crippen molar-refractivity contribution in [2.75, 3.05) is 16.8 Å². The number of rotatable bonds is 2. The molecule has 0 radical (unpaired) electrons. The zero-order chi connectivity index (χ0) is 15.0. The van der Waals surface area contributed by atoms with Crippen LogP contribution in [0.5, 0.6) is 0 Å². The van der Waals surface area contributed by atoms with E-state index in [4.69, 9.17) is 0 Å². The van der Waals surface area contributed by atoms with E-state index in [1.807, 2.05) is 12.1 Å². The molecule has 2 unspecified atom stereocenters. The van der Waals surface area contributed by atoms with Gasteiger partial charge in [-0.2, -0.15) is 0 Å². The van der Waals surface area contributed by atoms with Crippen molar-refractivity contribution in [3.05, 3.63) is 22.2 Å². The maximum absolute atomic E-state index is 11.6. The van der Waals surface area contributed by atoms with Gasteiger partial charge < -0.3 is 15.3 Å². The summed E-state index contributed by atoms with van der Waals surface area (Å²) in [6.07, 6.45) is 5.07. The van der Waals surface area contributed by atoms with Crippen LogP contribution in [0.2, 0.25) is 0 Å². The van der Waals surface area contributed by atoms with E-state index in [-0.39, 0.29) is 5.91 Å². The molecule has 1 amide bonds. The first kappa shape index (κ1) is 14.9. The summed E-state index contributed by atoms with van der Waals surface area (Å²) in [5, 5.41) is 12.6. The molecule has 2 N–H and O–H groups in total. The minimum atomic E-state index is -1.04. The molecule has 2 aliphatic rings. The number of carbonyl (C=O) groups excluding carboxylic acids is 1. The van der Waals surface area contributed by atoms with Crippen molar-refractivity contribution in [2.45, 2.75) is 51.2 Å². The average Bonchev–Trinajstić information content (AvgIpc) is 2.68. The molecule has 0 saturated carbocycles. The molecule has 2 atom stereocenters. The van der Waals surface area contributed by atoms with E-state index >= 15 is 0 Å². The van der Waals surface area contributed by atoms with Crippen molar-refractivity contribution in [1.29, 1.82) is 0 Å². The van der Waals surface area contributed by atoms with Gasteiger partial charge in [0.05, 0.1) is 5.69 Å². The first-order valence-electron chi connectivity index (χ1n) is 7.70. The van der Waals surface area contributed by atoms with Crippen LogP contribution < -0.4 is 10.2 Å². The van der Waals surface area contributed by atoms with Crippen molar-refractivity contribution in [2.24, 2.45) is 0 Å². The molecule has 0 aliphatic carbocycles. The molecule has 1 aromatic carbocycles. The molecular formula is C16H21BrN2O2. The summed E-state index contributed by atoms with van der Waals surface area (Å²) in [4.78, 5) is 14.1. The van der Waals surface area contributed by atoms with Crippen LogP contribution >= 0.6 is 15.9 Å². The summed E-state index contributed by atoms with van der Waals surface area (Å²) in [5.41, 5.74) is 2.53. The lowest BCUT2D eigenvalue weighted by atomic mass is 10.1. The van der Waals surface area contributed by atoms with E-state index in [2.05, 4.69) is 33.1 Å². The standard InChI is InChI=1S/C16H21BrN2O2/c1-2-10-6-4-3-5-7-19(10)14-9-13-11(8-12(14)17)15(20)16(21)18-13/h8-10,15,20H,2-7H2,1H3,(H,18,21). The number of benzene rings is 1. The number of hydrogen-bond donors (Lipinski definition) is 2. The van der Waals surface area contributed by atoms with Crippen LogP contribution in [-0.2, 0) is 4.79 Å². The van der Waals surface area contributed by atoms with Crippen molar-refractivity contribution in [3.8, 4) is 0 Å². The van der Waals surface area contributed by atoms with Crippen LogP contribution in [0.4, 0.5) is 11.4 Å². The molecule has 0 spiro atoms. The minimum absolute atomic E-state index is 0.336. The monoisotopic (exact) mass is 352 g/mol. The molecular weight excluding hydrogens is 332 g/mol. The summed E-state index contributed by atoms with van der Waals surface area (Å²) >= 11 is 3.62. The highest BCUT2D eigenvalue weighted by Crippen LogP contribution is 2.40. The second-order valence-corrected chi connectivity index (χ2v) is 6.74. The third-order valence-electron chi connectivity index (χ3n) is 4.58. The summed E-state index contributed by atoms with van der Waals surface area (Å²) < 4.78 is 0.956. The molecule has 2 aliphatic heterocycles. The average molecular weight is 353 g/mol. The van der Waals surface area contributed by atoms with Gasteiger partial charge in [0.2, 0.25) is 0 Å². The summed E-state index contributed by atoms with van der Waals surface area (Å²) in [7, 11) is 0. The Hall–Kier alpha value is -1.07. The molecule has 5 heteroatoms. The van der Waals surface area contributed by atoms with Gasteiger partial charge in [-0.1, -0.05) is 19.8 Å². The van der Waals surface area contributed by atoms with Gasteiger partial charge in [-0.05, 0) is 47.3 Å². The van der Waals surface area contributed by atoms with Crippen molar-refractivity contribution in [3.63, 3.8) is 0 Å². The Morgan fingerprint density at radius 2 is 2.19 bits per heavy atom. The second kappa shape index (κ2) is 5.97. The lowest BCUT2D eigenvalue weighted by Crippen LogP contribution is -2.34. The molecule has 1 fully saturated rings. The van der Waals surface area contributed by atoms with Gasteiger partial charge in [0.25, 0.3) is 5.91 Å². The van der Waals surface area contributed by atoms with Crippen LogP contribution in [0.15, 0.2) is 16.6 Å². The summed E-state index contributed by atoms with van der Waals surface area (Å²) in [6, 6.07) is 4.43. The van der Waals surface area contributed by atoms with Crippen LogP contribution in [0.3, 0.4) is 0 Å². The van der Waals surface area contributed by atoms with Gasteiger partial charge in [0.1, 0.15) is 0 Å². The number of nitrogens with zero attached hydrogens (tertiary/aromatic N) is 1. The number of halogens is 1. The topological polar surface area (TPSA) is 52.6 Å². The number of carbonyl (C=O) groups is 1. The molecule has 114 valence electrons. The van der Waals surface area contributed by atoms with Gasteiger partial charge in [0.15, 0.2) is 6.10 Å². The fourth-order valence-electron chi connectivity index (χ4n) is 3.39. The third-order valence-corrected chi connectivity index (χ3v) is 5.21. The van der Waals surface area contributed by atoms with Gasteiger partial charge in [-0.25, -0.2) is 0 Å². The molecule has 0 aromatic heterocycles. The largest absolute Gasteiger partial charge is 0.378 e. The Balaban J connectivity index is 1.98. The number of amides is 1. The number of aliphatic hydroxyl groups is 1. The SMILES string of the molecule is CCC1CCCCCN1c1cc2c(cc1Br)C(O)C(=O)N2. The Labute approximate surface area is 133 Å². The highest BCUT2D eigenvalue weighted by molar-refractivity contribution is 9.10. The number of aliphatic hydroxyl groups excluding tert-OH is 1. The zero-order valence-electron chi connectivity index (χ0n) is 12.2.